The summed E-state index contributed by atoms with van der Waals surface area (Å²) in [5.41, 5.74) is 1.68. The lowest BCUT2D eigenvalue weighted by atomic mass is 10.1. The Hall–Kier alpha value is -2.45. The number of hydrogen-bond acceptors (Lipinski definition) is 6. The van der Waals surface area contributed by atoms with Gasteiger partial charge >= 0.3 is 0 Å². The van der Waals surface area contributed by atoms with Gasteiger partial charge in [0, 0.05) is 43.4 Å². The third-order valence-corrected chi connectivity index (χ3v) is 6.94. The second-order valence-electron chi connectivity index (χ2n) is 7.54. The van der Waals surface area contributed by atoms with E-state index in [1.165, 1.54) is 16.6 Å². The molecule has 0 aliphatic heterocycles. The van der Waals surface area contributed by atoms with E-state index in [-0.39, 0.29) is 11.7 Å². The number of ketones is 1. The summed E-state index contributed by atoms with van der Waals surface area (Å²) < 4.78 is 2.22. The van der Waals surface area contributed by atoms with Crippen molar-refractivity contribution < 1.29 is 9.59 Å². The Kier molecular flexibility index (Phi) is 6.34. The molecule has 156 valence electrons. The van der Waals surface area contributed by atoms with Crippen LogP contribution >= 0.6 is 23.1 Å². The molecule has 1 fully saturated rings. The largest absolute Gasteiger partial charge is 0.342 e. The van der Waals surface area contributed by atoms with Crippen LogP contribution in [0.15, 0.2) is 46.9 Å². The van der Waals surface area contributed by atoms with Crippen LogP contribution in [0.5, 0.6) is 0 Å². The first-order valence-corrected chi connectivity index (χ1v) is 11.8. The molecule has 1 aliphatic carbocycles. The monoisotopic (exact) mass is 440 g/mol. The molecule has 0 spiro atoms. The van der Waals surface area contributed by atoms with Gasteiger partial charge in [0.05, 0.1) is 5.75 Å². The van der Waals surface area contributed by atoms with Gasteiger partial charge < -0.3 is 9.47 Å². The van der Waals surface area contributed by atoms with E-state index in [1.54, 1.807) is 30.2 Å². The first kappa shape index (κ1) is 20.8. The fourth-order valence-electron chi connectivity index (χ4n) is 3.19. The molecular formula is C22H24N4O2S2. The van der Waals surface area contributed by atoms with E-state index in [0.717, 1.165) is 35.8 Å². The van der Waals surface area contributed by atoms with E-state index >= 15 is 0 Å². The van der Waals surface area contributed by atoms with Crippen LogP contribution in [0.2, 0.25) is 0 Å². The highest BCUT2D eigenvalue weighted by molar-refractivity contribution is 7.99. The van der Waals surface area contributed by atoms with Crippen LogP contribution in [-0.4, -0.2) is 44.2 Å². The standard InChI is InChI=1S/C22H24N4O2S2/c1-15(27)25(2)13-16-5-7-17(8-6-16)20(28)14-30-22-24-23-21(26(22)18-9-10-18)12-19-4-3-11-29-19/h3-8,11,18H,9-10,12-14H2,1-2H3. The van der Waals surface area contributed by atoms with E-state index in [2.05, 4.69) is 32.3 Å². The second kappa shape index (κ2) is 9.14. The second-order valence-corrected chi connectivity index (χ2v) is 9.51. The molecule has 3 aromatic rings. The molecule has 6 nitrogen and oxygen atoms in total. The fraction of sp³-hybridized carbons (Fsp3) is 0.364. The van der Waals surface area contributed by atoms with Crippen LogP contribution < -0.4 is 0 Å². The van der Waals surface area contributed by atoms with Crippen molar-refractivity contribution in [3.63, 3.8) is 0 Å². The van der Waals surface area contributed by atoms with Gasteiger partial charge in [-0.2, -0.15) is 0 Å². The Labute approximate surface area is 184 Å². The van der Waals surface area contributed by atoms with Crippen molar-refractivity contribution in [1.82, 2.24) is 19.7 Å². The van der Waals surface area contributed by atoms with Crippen LogP contribution in [0, 0.1) is 0 Å². The van der Waals surface area contributed by atoms with Crippen LogP contribution in [0.3, 0.4) is 0 Å². The first-order chi connectivity index (χ1) is 14.5. The first-order valence-electron chi connectivity index (χ1n) is 9.94. The van der Waals surface area contributed by atoms with Gasteiger partial charge in [0.2, 0.25) is 5.91 Å². The molecule has 0 radical (unpaired) electrons. The topological polar surface area (TPSA) is 68.1 Å². The van der Waals surface area contributed by atoms with Gasteiger partial charge in [0.25, 0.3) is 0 Å². The molecule has 0 bridgehead atoms. The highest BCUT2D eigenvalue weighted by Gasteiger charge is 2.30. The molecule has 2 heterocycles. The van der Waals surface area contributed by atoms with Crippen molar-refractivity contribution >= 4 is 34.8 Å². The summed E-state index contributed by atoms with van der Waals surface area (Å²) in [6, 6.07) is 12.1. The van der Waals surface area contributed by atoms with Gasteiger partial charge in [0.15, 0.2) is 10.9 Å². The number of nitrogens with zero attached hydrogens (tertiary/aromatic N) is 4. The lowest BCUT2D eigenvalue weighted by Gasteiger charge is -2.14. The number of aromatic nitrogens is 3. The Balaban J connectivity index is 1.39. The zero-order valence-electron chi connectivity index (χ0n) is 17.1. The van der Waals surface area contributed by atoms with Crippen molar-refractivity contribution in [2.75, 3.05) is 12.8 Å². The number of thiophene rings is 1. The van der Waals surface area contributed by atoms with Crippen LogP contribution in [0.25, 0.3) is 0 Å². The normalized spacial score (nSPS) is 13.4. The van der Waals surface area contributed by atoms with E-state index in [0.29, 0.717) is 23.9 Å². The molecule has 1 amide bonds. The Morgan fingerprint density at radius 3 is 2.60 bits per heavy atom. The third-order valence-electron chi connectivity index (χ3n) is 5.13. The minimum absolute atomic E-state index is 0.0183. The number of benzene rings is 1. The molecule has 30 heavy (non-hydrogen) atoms. The number of hydrogen-bond donors (Lipinski definition) is 0. The highest BCUT2D eigenvalue weighted by atomic mass is 32.2. The summed E-state index contributed by atoms with van der Waals surface area (Å²) in [7, 11) is 1.76. The fourth-order valence-corrected chi connectivity index (χ4v) is 4.81. The third kappa shape index (κ3) is 4.99. The summed E-state index contributed by atoms with van der Waals surface area (Å²) in [5, 5.41) is 11.7. The lowest BCUT2D eigenvalue weighted by molar-refractivity contribution is -0.128. The minimum Gasteiger partial charge on any atom is -0.342 e. The Bertz CT molecular complexity index is 1020. The average molecular weight is 441 g/mol. The zero-order chi connectivity index (χ0) is 21.1. The average Bonchev–Trinajstić information content (AvgIpc) is 3.29. The Morgan fingerprint density at radius 2 is 1.97 bits per heavy atom. The predicted octanol–water partition coefficient (Wildman–Crippen LogP) is 4.22. The molecule has 1 aromatic carbocycles. The number of carbonyl (C=O) groups is 2. The smallest absolute Gasteiger partial charge is 0.219 e. The number of carbonyl (C=O) groups excluding carboxylic acids is 2. The number of thioether (sulfide) groups is 1. The van der Waals surface area contributed by atoms with Crippen molar-refractivity contribution in [1.29, 1.82) is 0 Å². The van der Waals surface area contributed by atoms with E-state index < -0.39 is 0 Å². The number of rotatable bonds is 9. The van der Waals surface area contributed by atoms with Gasteiger partial charge in [-0.15, -0.1) is 21.5 Å². The number of amides is 1. The maximum Gasteiger partial charge on any atom is 0.219 e. The summed E-state index contributed by atoms with van der Waals surface area (Å²) in [6.07, 6.45) is 3.08. The molecule has 0 saturated heterocycles. The molecule has 8 heteroatoms. The molecule has 0 unspecified atom stereocenters. The van der Waals surface area contributed by atoms with Gasteiger partial charge in [-0.1, -0.05) is 42.1 Å². The zero-order valence-corrected chi connectivity index (χ0v) is 18.7. The molecule has 4 rings (SSSR count). The molecule has 0 N–H and O–H groups in total. The SMILES string of the molecule is CC(=O)N(C)Cc1ccc(C(=O)CSc2nnc(Cc3cccs3)n2C2CC2)cc1. The summed E-state index contributed by atoms with van der Waals surface area (Å²) in [6.45, 7) is 2.08. The van der Waals surface area contributed by atoms with Crippen LogP contribution in [0.4, 0.5) is 0 Å². The van der Waals surface area contributed by atoms with E-state index in [1.807, 2.05) is 24.3 Å². The molecule has 1 saturated carbocycles. The van der Waals surface area contributed by atoms with Gasteiger partial charge in [-0.25, -0.2) is 0 Å². The lowest BCUT2D eigenvalue weighted by Crippen LogP contribution is -2.22. The summed E-state index contributed by atoms with van der Waals surface area (Å²) in [4.78, 5) is 27.0. The van der Waals surface area contributed by atoms with E-state index in [9.17, 15) is 9.59 Å². The highest BCUT2D eigenvalue weighted by Crippen LogP contribution is 2.39. The molecule has 2 aromatic heterocycles. The van der Waals surface area contributed by atoms with Gasteiger partial charge in [-0.05, 0) is 29.9 Å². The summed E-state index contributed by atoms with van der Waals surface area (Å²) in [5.74, 6) is 1.39. The molecule has 0 atom stereocenters. The maximum absolute atomic E-state index is 12.7. The number of Topliss-reactive ketones (excluding diaryl/α,β-unsaturated/α-hetero) is 1. The van der Waals surface area contributed by atoms with Crippen molar-refractivity contribution in [2.45, 2.75) is 43.9 Å². The van der Waals surface area contributed by atoms with E-state index in [4.69, 9.17) is 0 Å². The maximum atomic E-state index is 12.7. The van der Waals surface area contributed by atoms with Crippen LogP contribution in [0.1, 0.15) is 52.4 Å². The van der Waals surface area contributed by atoms with Gasteiger partial charge in [0.1, 0.15) is 5.82 Å². The van der Waals surface area contributed by atoms with Crippen LogP contribution in [-0.2, 0) is 17.8 Å². The quantitative estimate of drug-likeness (QED) is 0.368. The predicted molar refractivity (Wildman–Crippen MR) is 119 cm³/mol. The summed E-state index contributed by atoms with van der Waals surface area (Å²) >= 11 is 3.19. The van der Waals surface area contributed by atoms with Crippen molar-refractivity contribution in [3.05, 3.63) is 63.6 Å². The Morgan fingerprint density at radius 1 is 1.20 bits per heavy atom. The van der Waals surface area contributed by atoms with Crippen molar-refractivity contribution in [2.24, 2.45) is 0 Å². The minimum atomic E-state index is 0.0183. The van der Waals surface area contributed by atoms with Gasteiger partial charge in [-0.3, -0.25) is 9.59 Å². The molecular weight excluding hydrogens is 416 g/mol. The van der Waals surface area contributed by atoms with Crippen molar-refractivity contribution in [3.8, 4) is 0 Å². The molecule has 1 aliphatic rings.